The summed E-state index contributed by atoms with van der Waals surface area (Å²) in [5.74, 6) is 0.538. The Hall–Kier alpha value is -1.10. The van der Waals surface area contributed by atoms with Gasteiger partial charge in [0.25, 0.3) is 0 Å². The molecule has 17 heavy (non-hydrogen) atoms. The molecule has 0 radical (unpaired) electrons. The van der Waals surface area contributed by atoms with Crippen LogP contribution >= 0.6 is 0 Å². The fraction of sp³-hybridized carbons (Fsp3) is 0.583. The van der Waals surface area contributed by atoms with E-state index in [1.807, 2.05) is 13.8 Å². The van der Waals surface area contributed by atoms with E-state index in [4.69, 9.17) is 4.42 Å². The lowest BCUT2D eigenvalue weighted by Gasteiger charge is -2.22. The summed E-state index contributed by atoms with van der Waals surface area (Å²) in [6.45, 7) is 8.56. The third-order valence-electron chi connectivity index (χ3n) is 2.77. The molecular formula is C12H19NO3S. The molecular weight excluding hydrogens is 238 g/mol. The van der Waals surface area contributed by atoms with Crippen LogP contribution in [-0.4, -0.2) is 33.4 Å². The molecule has 0 N–H and O–H groups in total. The predicted molar refractivity (Wildman–Crippen MR) is 67.2 cm³/mol. The molecule has 1 rings (SSSR count). The highest BCUT2D eigenvalue weighted by molar-refractivity contribution is 7.86. The number of rotatable bonds is 5. The minimum atomic E-state index is -1.35. The maximum atomic E-state index is 12.2. The molecule has 2 unspecified atom stereocenters. The van der Waals surface area contributed by atoms with Gasteiger partial charge in [0, 0.05) is 13.1 Å². The monoisotopic (exact) mass is 257 g/mol. The second-order valence-electron chi connectivity index (χ2n) is 3.79. The number of aryl methyl sites for hydroxylation is 1. The zero-order valence-corrected chi connectivity index (χ0v) is 11.5. The number of nitrogens with zero attached hydrogens (tertiary/aromatic N) is 1. The number of furan rings is 1. The largest absolute Gasteiger partial charge is 0.468 e. The lowest BCUT2D eigenvalue weighted by atomic mass is 10.4. The van der Waals surface area contributed by atoms with Gasteiger partial charge in [-0.3, -0.25) is 9.00 Å². The van der Waals surface area contributed by atoms with Crippen LogP contribution in [0.5, 0.6) is 0 Å². The molecule has 4 nitrogen and oxygen atoms in total. The molecule has 0 saturated carbocycles. The maximum absolute atomic E-state index is 12.2. The molecule has 0 aliphatic carbocycles. The van der Waals surface area contributed by atoms with Crippen molar-refractivity contribution in [3.05, 3.63) is 18.1 Å². The Morgan fingerprint density at radius 3 is 2.47 bits per heavy atom. The summed E-state index contributed by atoms with van der Waals surface area (Å²) in [5.41, 5.74) is 0. The Labute approximate surface area is 104 Å². The summed E-state index contributed by atoms with van der Waals surface area (Å²) in [5, 5.41) is -0.536. The van der Waals surface area contributed by atoms with E-state index < -0.39 is 16.0 Å². The molecule has 96 valence electrons. The van der Waals surface area contributed by atoms with E-state index in [1.54, 1.807) is 24.8 Å². The van der Waals surface area contributed by atoms with Crippen LogP contribution in [-0.2, 0) is 15.6 Å². The van der Waals surface area contributed by atoms with E-state index in [0.29, 0.717) is 23.7 Å². The van der Waals surface area contributed by atoms with Gasteiger partial charge in [-0.1, -0.05) is 0 Å². The Balaban J connectivity index is 2.84. The van der Waals surface area contributed by atoms with E-state index in [1.165, 1.54) is 6.26 Å². The number of carbonyl (C=O) groups excluding carboxylic acids is 1. The first-order valence-electron chi connectivity index (χ1n) is 5.76. The molecule has 0 aliphatic rings. The van der Waals surface area contributed by atoms with Crippen molar-refractivity contribution < 1.29 is 13.4 Å². The Bertz CT molecular complexity index is 410. The molecule has 5 heteroatoms. The Morgan fingerprint density at radius 2 is 2.06 bits per heavy atom. The molecule has 0 bridgehead atoms. The van der Waals surface area contributed by atoms with Crippen molar-refractivity contribution in [2.45, 2.75) is 37.8 Å². The highest BCUT2D eigenvalue weighted by Gasteiger charge is 2.26. The summed E-state index contributed by atoms with van der Waals surface area (Å²) >= 11 is 0. The smallest absolute Gasteiger partial charge is 0.238 e. The number of hydrogen-bond acceptors (Lipinski definition) is 3. The van der Waals surface area contributed by atoms with Crippen LogP contribution in [0.4, 0.5) is 0 Å². The van der Waals surface area contributed by atoms with Crippen molar-refractivity contribution in [2.75, 3.05) is 13.1 Å². The number of amides is 1. The van der Waals surface area contributed by atoms with Crippen LogP contribution in [0.1, 0.15) is 26.5 Å². The van der Waals surface area contributed by atoms with Gasteiger partial charge in [0.2, 0.25) is 5.91 Å². The van der Waals surface area contributed by atoms with Crippen molar-refractivity contribution in [1.29, 1.82) is 0 Å². The van der Waals surface area contributed by atoms with E-state index in [0.717, 1.165) is 0 Å². The summed E-state index contributed by atoms with van der Waals surface area (Å²) < 4.78 is 17.3. The van der Waals surface area contributed by atoms with E-state index in [-0.39, 0.29) is 5.91 Å². The quantitative estimate of drug-likeness (QED) is 0.810. The molecule has 1 aromatic heterocycles. The van der Waals surface area contributed by atoms with Gasteiger partial charge in [-0.15, -0.1) is 0 Å². The van der Waals surface area contributed by atoms with Gasteiger partial charge in [-0.25, -0.2) is 0 Å². The zero-order valence-electron chi connectivity index (χ0n) is 10.7. The van der Waals surface area contributed by atoms with Crippen LogP contribution in [0.3, 0.4) is 0 Å². The first-order chi connectivity index (χ1) is 8.02. The van der Waals surface area contributed by atoms with Gasteiger partial charge in [0.1, 0.15) is 11.0 Å². The average molecular weight is 257 g/mol. The van der Waals surface area contributed by atoms with E-state index in [2.05, 4.69) is 0 Å². The SMILES string of the molecule is CCN(CC)C(=O)C(C)S(=O)c1ccoc1C. The normalized spacial score (nSPS) is 14.4. The van der Waals surface area contributed by atoms with E-state index in [9.17, 15) is 9.00 Å². The van der Waals surface area contributed by atoms with Gasteiger partial charge in [-0.05, 0) is 33.8 Å². The van der Waals surface area contributed by atoms with Crippen molar-refractivity contribution in [2.24, 2.45) is 0 Å². The van der Waals surface area contributed by atoms with Gasteiger partial charge in [0.15, 0.2) is 0 Å². The number of carbonyl (C=O) groups is 1. The maximum Gasteiger partial charge on any atom is 0.238 e. The molecule has 1 amide bonds. The van der Waals surface area contributed by atoms with E-state index >= 15 is 0 Å². The van der Waals surface area contributed by atoms with Gasteiger partial charge >= 0.3 is 0 Å². The fourth-order valence-electron chi connectivity index (χ4n) is 1.66. The first kappa shape index (κ1) is 14.0. The highest BCUT2D eigenvalue weighted by Crippen LogP contribution is 2.18. The van der Waals surface area contributed by atoms with Crippen molar-refractivity contribution in [3.63, 3.8) is 0 Å². The summed E-state index contributed by atoms with van der Waals surface area (Å²) in [7, 11) is -1.35. The fourth-order valence-corrected chi connectivity index (χ4v) is 2.89. The van der Waals surface area contributed by atoms with Gasteiger partial charge in [0.05, 0.1) is 22.0 Å². The zero-order chi connectivity index (χ0) is 13.0. The van der Waals surface area contributed by atoms with Crippen LogP contribution in [0.25, 0.3) is 0 Å². The minimum absolute atomic E-state index is 0.0751. The first-order valence-corrected chi connectivity index (χ1v) is 6.97. The lowest BCUT2D eigenvalue weighted by molar-refractivity contribution is -0.129. The minimum Gasteiger partial charge on any atom is -0.468 e. The summed E-state index contributed by atoms with van der Waals surface area (Å²) in [6.07, 6.45) is 1.50. The summed E-state index contributed by atoms with van der Waals surface area (Å²) in [4.78, 5) is 14.4. The molecule has 0 saturated heterocycles. The standard InChI is InChI=1S/C12H19NO3S/c1-5-13(6-2)12(14)10(4)17(15)11-7-8-16-9(11)3/h7-8,10H,5-6H2,1-4H3. The lowest BCUT2D eigenvalue weighted by Crippen LogP contribution is -2.39. The van der Waals surface area contributed by atoms with Crippen molar-refractivity contribution in [1.82, 2.24) is 4.90 Å². The number of hydrogen-bond donors (Lipinski definition) is 0. The molecule has 0 aromatic carbocycles. The second-order valence-corrected chi connectivity index (χ2v) is 5.53. The van der Waals surface area contributed by atoms with Crippen molar-refractivity contribution >= 4 is 16.7 Å². The molecule has 0 aliphatic heterocycles. The highest BCUT2D eigenvalue weighted by atomic mass is 32.2. The molecule has 2 atom stereocenters. The summed E-state index contributed by atoms with van der Waals surface area (Å²) in [6, 6.07) is 1.66. The van der Waals surface area contributed by atoms with Crippen LogP contribution < -0.4 is 0 Å². The third kappa shape index (κ3) is 2.97. The molecule has 1 aromatic rings. The average Bonchev–Trinajstić information content (AvgIpc) is 2.75. The molecule has 0 fully saturated rings. The van der Waals surface area contributed by atoms with Crippen LogP contribution in [0, 0.1) is 6.92 Å². The second kappa shape index (κ2) is 6.00. The third-order valence-corrected chi connectivity index (χ3v) is 4.47. The van der Waals surface area contributed by atoms with Crippen LogP contribution in [0.2, 0.25) is 0 Å². The molecule has 1 heterocycles. The topological polar surface area (TPSA) is 50.5 Å². The Kier molecular flexibility index (Phi) is 4.93. The van der Waals surface area contributed by atoms with Crippen molar-refractivity contribution in [3.8, 4) is 0 Å². The Morgan fingerprint density at radius 1 is 1.47 bits per heavy atom. The molecule has 0 spiro atoms. The van der Waals surface area contributed by atoms with Gasteiger partial charge < -0.3 is 9.32 Å². The van der Waals surface area contributed by atoms with Crippen LogP contribution in [0.15, 0.2) is 21.6 Å². The predicted octanol–water partition coefficient (Wildman–Crippen LogP) is 1.95. The van der Waals surface area contributed by atoms with Gasteiger partial charge in [-0.2, -0.15) is 0 Å².